The Bertz CT molecular complexity index is 385. The quantitative estimate of drug-likeness (QED) is 0.428. The molecule has 0 aromatic carbocycles. The normalized spacial score (nSPS) is 19.1. The van der Waals surface area contributed by atoms with E-state index in [1.54, 1.807) is 0 Å². The Morgan fingerprint density at radius 1 is 1.09 bits per heavy atom. The highest BCUT2D eigenvalue weighted by Crippen LogP contribution is 2.36. The van der Waals surface area contributed by atoms with Crippen molar-refractivity contribution in [2.75, 3.05) is 6.61 Å². The third-order valence-corrected chi connectivity index (χ3v) is 5.40. The SMILES string of the molecule is CCOC(=O)C(C)(CC)CCCCC(=O)OC1(CC)CCCC1. The van der Waals surface area contributed by atoms with E-state index < -0.39 is 5.41 Å². The Balaban J connectivity index is 2.32. The summed E-state index contributed by atoms with van der Waals surface area (Å²) in [4.78, 5) is 24.1. The number of hydrogen-bond donors (Lipinski definition) is 0. The van der Waals surface area contributed by atoms with E-state index in [4.69, 9.17) is 9.47 Å². The third kappa shape index (κ3) is 5.82. The maximum atomic E-state index is 12.1. The van der Waals surface area contributed by atoms with Crippen molar-refractivity contribution in [3.63, 3.8) is 0 Å². The zero-order valence-electron chi connectivity index (χ0n) is 15.4. The van der Waals surface area contributed by atoms with Crippen molar-refractivity contribution in [2.24, 2.45) is 5.41 Å². The van der Waals surface area contributed by atoms with Crippen molar-refractivity contribution in [3.05, 3.63) is 0 Å². The van der Waals surface area contributed by atoms with Gasteiger partial charge in [-0.15, -0.1) is 0 Å². The lowest BCUT2D eigenvalue weighted by molar-refractivity contribution is -0.159. The van der Waals surface area contributed by atoms with E-state index in [-0.39, 0.29) is 17.5 Å². The van der Waals surface area contributed by atoms with Gasteiger partial charge in [-0.25, -0.2) is 0 Å². The van der Waals surface area contributed by atoms with Crippen molar-refractivity contribution in [3.8, 4) is 0 Å². The van der Waals surface area contributed by atoms with Gasteiger partial charge in [-0.1, -0.05) is 20.3 Å². The molecule has 0 aromatic rings. The van der Waals surface area contributed by atoms with E-state index in [1.165, 1.54) is 0 Å². The summed E-state index contributed by atoms with van der Waals surface area (Å²) in [6, 6.07) is 0. The standard InChI is InChI=1S/C19H34O4/c1-5-18(4,17(21)22-7-3)13-9-8-12-16(20)23-19(6-2)14-10-11-15-19/h5-15H2,1-4H3. The van der Waals surface area contributed by atoms with Crippen LogP contribution in [0.1, 0.15) is 91.9 Å². The molecule has 1 fully saturated rings. The fourth-order valence-corrected chi connectivity index (χ4v) is 3.35. The molecule has 1 rings (SSSR count). The molecular weight excluding hydrogens is 292 g/mol. The van der Waals surface area contributed by atoms with Crippen molar-refractivity contribution in [1.29, 1.82) is 0 Å². The summed E-state index contributed by atoms with van der Waals surface area (Å²) >= 11 is 0. The second-order valence-corrected chi connectivity index (χ2v) is 7.06. The minimum atomic E-state index is -0.435. The van der Waals surface area contributed by atoms with Crippen LogP contribution in [0.3, 0.4) is 0 Å². The minimum Gasteiger partial charge on any atom is -0.466 e. The first-order chi connectivity index (χ1) is 10.9. The number of carbonyl (C=O) groups is 2. The average molecular weight is 326 g/mol. The van der Waals surface area contributed by atoms with Gasteiger partial charge >= 0.3 is 11.9 Å². The first-order valence-electron chi connectivity index (χ1n) is 9.30. The molecule has 23 heavy (non-hydrogen) atoms. The predicted molar refractivity (Wildman–Crippen MR) is 91.1 cm³/mol. The molecule has 4 nitrogen and oxygen atoms in total. The molecule has 0 amide bonds. The fraction of sp³-hybridized carbons (Fsp3) is 0.895. The smallest absolute Gasteiger partial charge is 0.311 e. The Labute approximate surface area is 141 Å². The Morgan fingerprint density at radius 2 is 1.74 bits per heavy atom. The van der Waals surface area contributed by atoms with Gasteiger partial charge in [0.15, 0.2) is 0 Å². The number of carbonyl (C=O) groups excluding carboxylic acids is 2. The highest BCUT2D eigenvalue weighted by molar-refractivity contribution is 5.76. The number of hydrogen-bond acceptors (Lipinski definition) is 4. The summed E-state index contributed by atoms with van der Waals surface area (Å²) in [6.07, 6.45) is 8.83. The lowest BCUT2D eigenvalue weighted by atomic mass is 9.82. The van der Waals surface area contributed by atoms with Crippen molar-refractivity contribution < 1.29 is 19.1 Å². The molecular formula is C19H34O4. The van der Waals surface area contributed by atoms with Crippen LogP contribution in [0.5, 0.6) is 0 Å². The molecule has 1 unspecified atom stereocenters. The summed E-state index contributed by atoms with van der Waals surface area (Å²) in [5, 5.41) is 0. The molecule has 1 aliphatic carbocycles. The van der Waals surface area contributed by atoms with E-state index in [9.17, 15) is 9.59 Å². The molecule has 0 bridgehead atoms. The molecule has 1 atom stereocenters. The van der Waals surface area contributed by atoms with Gasteiger partial charge in [0.2, 0.25) is 0 Å². The monoisotopic (exact) mass is 326 g/mol. The highest BCUT2D eigenvalue weighted by Gasteiger charge is 2.36. The maximum Gasteiger partial charge on any atom is 0.311 e. The first kappa shape index (κ1) is 20.0. The third-order valence-electron chi connectivity index (χ3n) is 5.40. The summed E-state index contributed by atoms with van der Waals surface area (Å²) < 4.78 is 10.9. The molecule has 0 spiro atoms. The van der Waals surface area contributed by atoms with E-state index in [0.717, 1.165) is 57.8 Å². The summed E-state index contributed by atoms with van der Waals surface area (Å²) in [7, 11) is 0. The molecule has 0 N–H and O–H groups in total. The molecule has 0 aliphatic heterocycles. The Morgan fingerprint density at radius 3 is 2.26 bits per heavy atom. The fourth-order valence-electron chi connectivity index (χ4n) is 3.35. The Kier molecular flexibility index (Phi) is 8.07. The highest BCUT2D eigenvalue weighted by atomic mass is 16.6. The maximum absolute atomic E-state index is 12.1. The largest absolute Gasteiger partial charge is 0.466 e. The zero-order chi connectivity index (χ0) is 17.3. The second kappa shape index (κ2) is 9.29. The van der Waals surface area contributed by atoms with Gasteiger partial charge in [0.25, 0.3) is 0 Å². The second-order valence-electron chi connectivity index (χ2n) is 7.06. The zero-order valence-corrected chi connectivity index (χ0v) is 15.4. The lowest BCUT2D eigenvalue weighted by Gasteiger charge is -2.28. The molecule has 0 saturated heterocycles. The molecule has 4 heteroatoms. The van der Waals surface area contributed by atoms with Gasteiger partial charge in [0.05, 0.1) is 12.0 Å². The minimum absolute atomic E-state index is 0.0805. The lowest BCUT2D eigenvalue weighted by Crippen LogP contribution is -2.31. The van der Waals surface area contributed by atoms with Crippen LogP contribution in [0.4, 0.5) is 0 Å². The molecule has 0 heterocycles. The van der Waals surface area contributed by atoms with E-state index in [1.807, 2.05) is 20.8 Å². The topological polar surface area (TPSA) is 52.6 Å². The van der Waals surface area contributed by atoms with Crippen LogP contribution in [-0.4, -0.2) is 24.1 Å². The molecule has 0 aromatic heterocycles. The number of esters is 2. The summed E-state index contributed by atoms with van der Waals surface area (Å²) in [6.45, 7) is 8.31. The summed E-state index contributed by atoms with van der Waals surface area (Å²) in [5.74, 6) is -0.205. The van der Waals surface area contributed by atoms with Crippen LogP contribution >= 0.6 is 0 Å². The van der Waals surface area contributed by atoms with E-state index >= 15 is 0 Å². The van der Waals surface area contributed by atoms with Crippen LogP contribution < -0.4 is 0 Å². The van der Waals surface area contributed by atoms with Crippen molar-refractivity contribution in [2.45, 2.75) is 97.5 Å². The van der Waals surface area contributed by atoms with Gasteiger partial charge < -0.3 is 9.47 Å². The molecule has 0 radical (unpaired) electrons. The number of unbranched alkanes of at least 4 members (excludes halogenated alkanes) is 1. The Hall–Kier alpha value is -1.06. The van der Waals surface area contributed by atoms with E-state index in [0.29, 0.717) is 13.0 Å². The van der Waals surface area contributed by atoms with Gasteiger partial charge in [-0.2, -0.15) is 0 Å². The van der Waals surface area contributed by atoms with Crippen LogP contribution in [-0.2, 0) is 19.1 Å². The average Bonchev–Trinajstić information content (AvgIpc) is 3.00. The number of ether oxygens (including phenoxy) is 2. The van der Waals surface area contributed by atoms with Gasteiger partial charge in [0, 0.05) is 6.42 Å². The molecule has 1 saturated carbocycles. The van der Waals surface area contributed by atoms with Gasteiger partial charge in [-0.3, -0.25) is 9.59 Å². The van der Waals surface area contributed by atoms with Crippen LogP contribution in [0.15, 0.2) is 0 Å². The van der Waals surface area contributed by atoms with E-state index in [2.05, 4.69) is 6.92 Å². The van der Waals surface area contributed by atoms with Crippen LogP contribution in [0, 0.1) is 5.41 Å². The van der Waals surface area contributed by atoms with Crippen molar-refractivity contribution in [1.82, 2.24) is 0 Å². The number of rotatable bonds is 10. The summed E-state index contributed by atoms with van der Waals surface area (Å²) in [5.41, 5.74) is -0.629. The molecule has 1 aliphatic rings. The first-order valence-corrected chi connectivity index (χ1v) is 9.30. The van der Waals surface area contributed by atoms with Crippen LogP contribution in [0.25, 0.3) is 0 Å². The predicted octanol–water partition coefficient (Wildman–Crippen LogP) is 4.79. The van der Waals surface area contributed by atoms with Gasteiger partial charge in [0.1, 0.15) is 5.60 Å². The van der Waals surface area contributed by atoms with Crippen LogP contribution in [0.2, 0.25) is 0 Å². The molecule has 134 valence electrons. The van der Waals surface area contributed by atoms with Gasteiger partial charge in [-0.05, 0) is 65.2 Å². The van der Waals surface area contributed by atoms with Crippen molar-refractivity contribution >= 4 is 11.9 Å².